The molecule has 2 heteroatoms. The second-order valence-corrected chi connectivity index (χ2v) is 5.45. The van der Waals surface area contributed by atoms with Crippen LogP contribution in [0.2, 0.25) is 0 Å². The van der Waals surface area contributed by atoms with E-state index in [1.807, 2.05) is 6.07 Å². The van der Waals surface area contributed by atoms with E-state index in [2.05, 4.69) is 17.4 Å². The van der Waals surface area contributed by atoms with Crippen LogP contribution < -0.4 is 5.32 Å². The minimum absolute atomic E-state index is 0.372. The summed E-state index contributed by atoms with van der Waals surface area (Å²) in [5, 5.41) is 13.5. The number of nitrogens with one attached hydrogen (secondary N) is 1. The summed E-state index contributed by atoms with van der Waals surface area (Å²) in [6.45, 7) is 1.08. The molecule has 0 unspecified atom stereocenters. The van der Waals surface area contributed by atoms with Crippen molar-refractivity contribution in [3.8, 4) is 5.75 Å². The Hall–Kier alpha value is -1.02. The lowest BCUT2D eigenvalue weighted by Gasteiger charge is -2.16. The zero-order valence-corrected chi connectivity index (χ0v) is 10.3. The highest BCUT2D eigenvalue weighted by Gasteiger charge is 2.22. The fourth-order valence-electron chi connectivity index (χ4n) is 3.32. The molecule has 2 N–H and O–H groups in total. The lowest BCUT2D eigenvalue weighted by Crippen LogP contribution is -2.13. The maximum absolute atomic E-state index is 10.00. The van der Waals surface area contributed by atoms with Crippen molar-refractivity contribution in [1.82, 2.24) is 5.32 Å². The molecule has 0 radical (unpaired) electrons. The number of phenolic OH excluding ortho intramolecular Hbond substituents is 1. The topological polar surface area (TPSA) is 32.3 Å². The van der Waals surface area contributed by atoms with Crippen LogP contribution in [0.4, 0.5) is 0 Å². The Balaban J connectivity index is 1.88. The van der Waals surface area contributed by atoms with Gasteiger partial charge in [0.05, 0.1) is 0 Å². The third-order valence-corrected chi connectivity index (χ3v) is 4.31. The molecule has 1 aromatic carbocycles. The summed E-state index contributed by atoms with van der Waals surface area (Å²) in [5.74, 6) is 1.20. The van der Waals surface area contributed by atoms with E-state index in [1.165, 1.54) is 37.7 Å². The Morgan fingerprint density at radius 2 is 1.88 bits per heavy atom. The van der Waals surface area contributed by atoms with Crippen molar-refractivity contribution in [2.75, 3.05) is 6.54 Å². The third-order valence-electron chi connectivity index (χ3n) is 4.31. The highest BCUT2D eigenvalue weighted by atomic mass is 16.3. The molecule has 1 aromatic rings. The lowest BCUT2D eigenvalue weighted by atomic mass is 9.93. The van der Waals surface area contributed by atoms with Gasteiger partial charge in [-0.05, 0) is 49.8 Å². The lowest BCUT2D eigenvalue weighted by molar-refractivity contribution is 0.456. The van der Waals surface area contributed by atoms with E-state index in [-0.39, 0.29) is 0 Å². The molecule has 92 valence electrons. The van der Waals surface area contributed by atoms with Gasteiger partial charge in [-0.1, -0.05) is 25.0 Å². The van der Waals surface area contributed by atoms with Crippen molar-refractivity contribution < 1.29 is 5.11 Å². The molecule has 1 aliphatic carbocycles. The number of hydrogen-bond acceptors (Lipinski definition) is 2. The predicted molar refractivity (Wildman–Crippen MR) is 69.3 cm³/mol. The Morgan fingerprint density at radius 3 is 2.59 bits per heavy atom. The van der Waals surface area contributed by atoms with Crippen LogP contribution in [0.5, 0.6) is 5.75 Å². The second-order valence-electron chi connectivity index (χ2n) is 5.45. The molecule has 1 saturated heterocycles. The molecule has 2 aliphatic rings. The zero-order chi connectivity index (χ0) is 11.7. The Kier molecular flexibility index (Phi) is 3.06. The van der Waals surface area contributed by atoms with E-state index in [0.29, 0.717) is 11.8 Å². The van der Waals surface area contributed by atoms with Gasteiger partial charge in [0.15, 0.2) is 0 Å². The van der Waals surface area contributed by atoms with E-state index in [9.17, 15) is 5.11 Å². The zero-order valence-electron chi connectivity index (χ0n) is 10.3. The highest BCUT2D eigenvalue weighted by Crippen LogP contribution is 2.38. The van der Waals surface area contributed by atoms with Crippen molar-refractivity contribution in [1.29, 1.82) is 0 Å². The van der Waals surface area contributed by atoms with Crippen LogP contribution in [-0.2, 0) is 0 Å². The summed E-state index contributed by atoms with van der Waals surface area (Å²) >= 11 is 0. The van der Waals surface area contributed by atoms with Gasteiger partial charge >= 0.3 is 0 Å². The summed E-state index contributed by atoms with van der Waals surface area (Å²) < 4.78 is 0. The normalized spacial score (nSPS) is 25.5. The van der Waals surface area contributed by atoms with Crippen LogP contribution in [0.3, 0.4) is 0 Å². The van der Waals surface area contributed by atoms with Gasteiger partial charge in [0, 0.05) is 11.6 Å². The standard InChI is InChI=1S/C15H21NO/c17-15-8-7-12(11-4-1-2-5-11)10-13(15)14-6-3-9-16-14/h7-8,10-11,14,16-17H,1-6,9H2/t14-/m1/s1. The van der Waals surface area contributed by atoms with Crippen LogP contribution in [-0.4, -0.2) is 11.7 Å². The molecular weight excluding hydrogens is 210 g/mol. The van der Waals surface area contributed by atoms with Crippen molar-refractivity contribution >= 4 is 0 Å². The van der Waals surface area contributed by atoms with E-state index < -0.39 is 0 Å². The number of hydrogen-bond donors (Lipinski definition) is 2. The first-order valence-corrected chi connectivity index (χ1v) is 6.91. The molecule has 1 aliphatic heterocycles. The minimum Gasteiger partial charge on any atom is -0.508 e. The van der Waals surface area contributed by atoms with E-state index in [1.54, 1.807) is 0 Å². The molecular formula is C15H21NO. The molecule has 0 bridgehead atoms. The van der Waals surface area contributed by atoms with Gasteiger partial charge < -0.3 is 10.4 Å². The summed E-state index contributed by atoms with van der Waals surface area (Å²) in [4.78, 5) is 0. The molecule has 17 heavy (non-hydrogen) atoms. The fraction of sp³-hybridized carbons (Fsp3) is 0.600. The van der Waals surface area contributed by atoms with Gasteiger partial charge in [0.25, 0.3) is 0 Å². The first-order valence-electron chi connectivity index (χ1n) is 6.91. The minimum atomic E-state index is 0.372. The van der Waals surface area contributed by atoms with Gasteiger partial charge in [-0.15, -0.1) is 0 Å². The predicted octanol–water partition coefficient (Wildman–Crippen LogP) is 3.47. The summed E-state index contributed by atoms with van der Waals surface area (Å²) in [5.41, 5.74) is 2.55. The summed E-state index contributed by atoms with van der Waals surface area (Å²) in [6.07, 6.45) is 7.75. The molecule has 2 nitrogen and oxygen atoms in total. The van der Waals surface area contributed by atoms with Gasteiger partial charge in [-0.25, -0.2) is 0 Å². The Morgan fingerprint density at radius 1 is 1.06 bits per heavy atom. The molecule has 0 amide bonds. The molecule has 1 atom stereocenters. The Bertz CT molecular complexity index is 390. The average Bonchev–Trinajstić information content (AvgIpc) is 3.03. The van der Waals surface area contributed by atoms with Gasteiger partial charge in [0.2, 0.25) is 0 Å². The maximum atomic E-state index is 10.00. The van der Waals surface area contributed by atoms with Gasteiger partial charge in [-0.2, -0.15) is 0 Å². The number of benzene rings is 1. The van der Waals surface area contributed by atoms with Crippen molar-refractivity contribution in [2.24, 2.45) is 0 Å². The second kappa shape index (κ2) is 4.69. The van der Waals surface area contributed by atoms with E-state index in [4.69, 9.17) is 0 Å². The number of phenols is 1. The first-order chi connectivity index (χ1) is 8.34. The van der Waals surface area contributed by atoms with E-state index in [0.717, 1.165) is 24.4 Å². The van der Waals surface area contributed by atoms with Crippen molar-refractivity contribution in [3.05, 3.63) is 29.3 Å². The van der Waals surface area contributed by atoms with Crippen molar-refractivity contribution in [2.45, 2.75) is 50.5 Å². The first kappa shape index (κ1) is 11.1. The quantitative estimate of drug-likeness (QED) is 0.816. The highest BCUT2D eigenvalue weighted by molar-refractivity contribution is 5.40. The monoisotopic (exact) mass is 231 g/mol. The van der Waals surface area contributed by atoms with Crippen molar-refractivity contribution in [3.63, 3.8) is 0 Å². The van der Waals surface area contributed by atoms with Gasteiger partial charge in [0.1, 0.15) is 5.75 Å². The number of rotatable bonds is 2. The van der Waals surface area contributed by atoms with E-state index >= 15 is 0 Å². The number of aromatic hydroxyl groups is 1. The third kappa shape index (κ3) is 2.19. The molecule has 1 heterocycles. The van der Waals surface area contributed by atoms with Gasteiger partial charge in [-0.3, -0.25) is 0 Å². The molecule has 1 saturated carbocycles. The van der Waals surface area contributed by atoms with Crippen LogP contribution >= 0.6 is 0 Å². The molecule has 3 rings (SSSR count). The fourth-order valence-corrected chi connectivity index (χ4v) is 3.32. The summed E-state index contributed by atoms with van der Waals surface area (Å²) in [7, 11) is 0. The molecule has 0 spiro atoms. The largest absolute Gasteiger partial charge is 0.508 e. The summed E-state index contributed by atoms with van der Waals surface area (Å²) in [6, 6.07) is 6.62. The average molecular weight is 231 g/mol. The Labute approximate surface area is 103 Å². The van der Waals surface area contributed by atoms with Crippen LogP contribution in [0.1, 0.15) is 61.6 Å². The smallest absolute Gasteiger partial charge is 0.120 e. The van der Waals surface area contributed by atoms with Crippen LogP contribution in [0.15, 0.2) is 18.2 Å². The maximum Gasteiger partial charge on any atom is 0.120 e. The molecule has 2 fully saturated rings. The molecule has 0 aromatic heterocycles. The van der Waals surface area contributed by atoms with Crippen LogP contribution in [0, 0.1) is 0 Å². The van der Waals surface area contributed by atoms with Crippen LogP contribution in [0.25, 0.3) is 0 Å². The SMILES string of the molecule is Oc1ccc(C2CCCC2)cc1[C@H]1CCCN1.